The number of hydrogen-bond acceptors (Lipinski definition) is 0. The molecule has 0 aromatic heterocycles. The summed E-state index contributed by atoms with van der Waals surface area (Å²) in [6.45, 7) is 0. The molecule has 0 aliphatic carbocycles. The molecule has 0 aromatic rings. The van der Waals surface area contributed by atoms with Gasteiger partial charge in [0.2, 0.25) is 0 Å². The Balaban J connectivity index is 0. The van der Waals surface area contributed by atoms with Gasteiger partial charge in [-0.15, -0.1) is 0 Å². The molecule has 0 saturated carbocycles. The van der Waals surface area contributed by atoms with Gasteiger partial charge in [0.25, 0.3) is 0 Å². The van der Waals surface area contributed by atoms with Gasteiger partial charge >= 0.3 is 104 Å². The van der Waals surface area contributed by atoms with E-state index in [2.05, 4.69) is 0 Å². The van der Waals surface area contributed by atoms with Crippen LogP contribution in [0.4, 0.5) is 0 Å². The quantitative estimate of drug-likeness (QED) is 0.215. The summed E-state index contributed by atoms with van der Waals surface area (Å²) in [6, 6.07) is 0. The molecule has 0 aliphatic rings. The van der Waals surface area contributed by atoms with E-state index in [9.17, 15) is 0 Å². The Morgan fingerprint density at radius 3 is 1.09 bits per heavy atom. The summed E-state index contributed by atoms with van der Waals surface area (Å²) in [5.74, 6) is 0. The van der Waals surface area contributed by atoms with E-state index >= 15 is 0 Å². The molecule has 0 nitrogen and oxygen atoms in total. The molecule has 0 spiro atoms. The van der Waals surface area contributed by atoms with Crippen LogP contribution in [-0.2, 0) is 90.4 Å². The van der Waals surface area contributed by atoms with Gasteiger partial charge in [-0.1, -0.05) is 0 Å². The molecule has 0 unspecified atom stereocenters. The monoisotopic (exact) mass is 780 g/mol. The normalized spacial score (nSPS) is 0. The summed E-state index contributed by atoms with van der Waals surface area (Å²) in [4.78, 5) is 0. The van der Waals surface area contributed by atoms with E-state index in [1.807, 2.05) is 0 Å². The maximum absolute atomic E-state index is 0. The van der Waals surface area contributed by atoms with Crippen molar-refractivity contribution in [1.82, 2.24) is 0 Å². The minimum atomic E-state index is 0. The van der Waals surface area contributed by atoms with Crippen molar-refractivity contribution in [1.29, 1.82) is 0 Å². The third kappa shape index (κ3) is 77.8. The zero-order valence-electron chi connectivity index (χ0n) is 7.80. The third-order valence-electron chi connectivity index (χ3n) is 0. The Hall–Kier alpha value is 7.04. The molecule has 0 rings (SSSR count). The first-order chi connectivity index (χ1) is 0. The number of rotatable bonds is 0. The molecule has 0 heterocycles. The van der Waals surface area contributed by atoms with Crippen molar-refractivity contribution in [3.8, 4) is 0 Å². The van der Waals surface area contributed by atoms with Crippen molar-refractivity contribution < 1.29 is 124 Å². The van der Waals surface area contributed by atoms with Crippen molar-refractivity contribution in [2.24, 2.45) is 0 Å². The molecule has 0 fully saturated rings. The van der Waals surface area contributed by atoms with Crippen molar-refractivity contribution in [3.63, 3.8) is 0 Å². The first kappa shape index (κ1) is 106. The fourth-order valence-corrected chi connectivity index (χ4v) is 0. The van der Waals surface area contributed by atoms with E-state index in [1.165, 1.54) is 0 Å². The van der Waals surface area contributed by atoms with Crippen LogP contribution >= 0.6 is 0 Å². The molecule has 0 aliphatic heterocycles. The van der Waals surface area contributed by atoms with Crippen molar-refractivity contribution in [2.75, 3.05) is 0 Å². The molecule has 11 heteroatoms. The topological polar surface area (TPSA) is 0 Å². The van der Waals surface area contributed by atoms with Gasteiger partial charge in [-0.2, -0.15) is 0 Å². The molecular weight excluding hydrogens is 766 g/mol. The van der Waals surface area contributed by atoms with E-state index in [4.69, 9.17) is 0 Å². The van der Waals surface area contributed by atoms with Gasteiger partial charge in [-0.05, 0) is 11.0 Å². The summed E-state index contributed by atoms with van der Waals surface area (Å²) < 4.78 is 0. The SMILES string of the molecule is [Ag].[AlH3].[Cr].[Cu].[Fe].[H-].[H-].[H-].[Mg+2].[Na+].[Ni].[PbH2].[SiH4].[SnH2]. The van der Waals surface area contributed by atoms with E-state index in [1.54, 1.807) is 0 Å². The zero-order chi connectivity index (χ0) is 0. The fraction of sp³-hybridized carbons (Fsp3) is 0. The van der Waals surface area contributed by atoms with Gasteiger partial charge in [-0.3, -0.25) is 0 Å². The molecule has 0 aromatic carbocycles. The predicted octanol–water partition coefficient (Wildman–Crippen LogP) is -7.52. The Morgan fingerprint density at radius 2 is 1.09 bits per heavy atom. The Morgan fingerprint density at radius 1 is 1.09 bits per heavy atom. The van der Waals surface area contributed by atoms with Crippen LogP contribution in [0.15, 0.2) is 0 Å². The van der Waals surface area contributed by atoms with Crippen molar-refractivity contribution >= 4 is 103 Å². The van der Waals surface area contributed by atoms with Crippen molar-refractivity contribution in [2.45, 2.75) is 0 Å². The second-order valence-electron chi connectivity index (χ2n) is 0. The van der Waals surface area contributed by atoms with E-state index in [0.29, 0.717) is 0 Å². The predicted molar refractivity (Wildman–Crippen MR) is 47.5 cm³/mol. The second kappa shape index (κ2) is 88.4. The van der Waals surface area contributed by atoms with Gasteiger partial charge in [0.05, 0.1) is 0 Å². The van der Waals surface area contributed by atoms with Gasteiger partial charge < -0.3 is 4.28 Å². The fourth-order valence-electron chi connectivity index (χ4n) is 0. The van der Waals surface area contributed by atoms with Crippen molar-refractivity contribution in [3.05, 3.63) is 0 Å². The molecule has 0 amide bonds. The van der Waals surface area contributed by atoms with Crippen LogP contribution in [0.1, 0.15) is 4.28 Å². The Kier molecular flexibility index (Phi) is 850. The van der Waals surface area contributed by atoms with Crippen LogP contribution in [0.25, 0.3) is 0 Å². The molecule has 0 bridgehead atoms. The standard InChI is InChI=1S/Ag.Al.Cr.Cu.Fe.Mg.Na.Ni.Pb.H4Si.Sn.10H/h;;;;;;;;;1H4;;;;;;;;;;;/q;;;;;+2;+1;;;;;;;;;;;;3*-1. The average Bonchev–Trinajstić information content (AvgIpc) is 0. The minimum absolute atomic E-state index is 0. The molecule has 78 valence electrons. The van der Waals surface area contributed by atoms with Crippen LogP contribution in [0.2, 0.25) is 0 Å². The van der Waals surface area contributed by atoms with Crippen LogP contribution in [0.3, 0.4) is 0 Å². The Bertz CT molecular complexity index is 48.5. The van der Waals surface area contributed by atoms with Gasteiger partial charge in [0.1, 0.15) is 0 Å². The van der Waals surface area contributed by atoms with E-state index in [0.717, 1.165) is 0 Å². The van der Waals surface area contributed by atoms with E-state index in [-0.39, 0.29) is 227 Å². The summed E-state index contributed by atoms with van der Waals surface area (Å²) in [5.41, 5.74) is 0. The summed E-state index contributed by atoms with van der Waals surface area (Å²) in [6.07, 6.45) is 0. The molecule has 0 atom stereocenters. The average molecular weight is 780 g/mol. The molecular formula is H14AgAlCrCuFeMgNaNiPbSiSn. The zero-order valence-corrected chi connectivity index (χ0v) is 23.5. The second-order valence-corrected chi connectivity index (χ2v) is 0. The van der Waals surface area contributed by atoms with Crippen LogP contribution < -0.4 is 29.6 Å². The molecule has 11 heavy (non-hydrogen) atoms. The van der Waals surface area contributed by atoms with Crippen LogP contribution in [0.5, 0.6) is 0 Å². The third-order valence-corrected chi connectivity index (χ3v) is 0. The van der Waals surface area contributed by atoms with E-state index < -0.39 is 0 Å². The van der Waals surface area contributed by atoms with Gasteiger partial charge in [0.15, 0.2) is 17.4 Å². The first-order valence-electron chi connectivity index (χ1n) is 0. The van der Waals surface area contributed by atoms with Gasteiger partial charge in [0, 0.05) is 90.4 Å². The molecule has 0 saturated heterocycles. The molecule has 6 radical (unpaired) electrons. The molecule has 0 N–H and O–H groups in total. The summed E-state index contributed by atoms with van der Waals surface area (Å²) >= 11 is 0. The number of hydrogen-bond donors (Lipinski definition) is 0. The maximum atomic E-state index is 0. The van der Waals surface area contributed by atoms with Crippen LogP contribution in [-0.4, -0.2) is 103 Å². The first-order valence-corrected chi connectivity index (χ1v) is 0. The summed E-state index contributed by atoms with van der Waals surface area (Å²) in [7, 11) is 0. The summed E-state index contributed by atoms with van der Waals surface area (Å²) in [5, 5.41) is 0. The Labute approximate surface area is 221 Å². The van der Waals surface area contributed by atoms with Crippen LogP contribution in [0, 0.1) is 0 Å². The van der Waals surface area contributed by atoms with Gasteiger partial charge in [-0.25, -0.2) is 0 Å².